The van der Waals surface area contributed by atoms with Crippen LogP contribution >= 0.6 is 11.6 Å². The minimum absolute atomic E-state index is 0.0839. The van der Waals surface area contributed by atoms with Gasteiger partial charge < -0.3 is 10.2 Å². The average Bonchev–Trinajstić information content (AvgIpc) is 2.88. The van der Waals surface area contributed by atoms with Crippen molar-refractivity contribution in [3.05, 3.63) is 58.9 Å². The highest BCUT2D eigenvalue weighted by atomic mass is 35.5. The molecule has 1 N–H and O–H groups in total. The van der Waals surface area contributed by atoms with Crippen molar-refractivity contribution >= 4 is 28.9 Å². The summed E-state index contributed by atoms with van der Waals surface area (Å²) in [6.07, 6.45) is 4.95. The van der Waals surface area contributed by atoms with E-state index in [0.717, 1.165) is 13.1 Å². The maximum atomic E-state index is 13.8. The first-order valence-corrected chi connectivity index (χ1v) is 9.09. The van der Waals surface area contributed by atoms with Gasteiger partial charge in [-0.25, -0.2) is 4.39 Å². The number of rotatable bonds is 4. The zero-order valence-corrected chi connectivity index (χ0v) is 14.9. The molecule has 1 fully saturated rings. The Bertz CT molecular complexity index is 705. The lowest BCUT2D eigenvalue weighted by atomic mass is 10.1. The van der Waals surface area contributed by atoms with E-state index in [4.69, 9.17) is 11.6 Å². The van der Waals surface area contributed by atoms with E-state index in [-0.39, 0.29) is 22.9 Å². The third-order valence-corrected chi connectivity index (χ3v) is 4.88. The molecular weight excluding hydrogens is 339 g/mol. The number of hydrogen-bond donors (Lipinski definition) is 1. The van der Waals surface area contributed by atoms with Gasteiger partial charge in [-0.15, -0.1) is 0 Å². The first-order valence-electron chi connectivity index (χ1n) is 8.71. The third-order valence-electron chi connectivity index (χ3n) is 4.52. The summed E-state index contributed by atoms with van der Waals surface area (Å²) < 4.78 is 13.8. The van der Waals surface area contributed by atoms with E-state index in [1.165, 1.54) is 43.5 Å². The van der Waals surface area contributed by atoms with E-state index < -0.39 is 5.82 Å². The molecule has 0 unspecified atom stereocenters. The van der Waals surface area contributed by atoms with Crippen LogP contribution in [0.3, 0.4) is 0 Å². The Labute approximate surface area is 152 Å². The molecule has 0 radical (unpaired) electrons. The topological polar surface area (TPSA) is 32.3 Å². The fourth-order valence-electron chi connectivity index (χ4n) is 3.15. The van der Waals surface area contributed by atoms with Gasteiger partial charge in [-0.2, -0.15) is 0 Å². The summed E-state index contributed by atoms with van der Waals surface area (Å²) in [4.78, 5) is 14.6. The standard InChI is InChI=1S/C20H22ClFN2O/c21-18-6-5-7-19(22)17(18)14-20(25)23-15-8-10-16(11-9-15)24-12-3-1-2-4-13-24/h5-11H,1-4,12-14H2,(H,23,25). The predicted octanol–water partition coefficient (Wildman–Crippen LogP) is 5.04. The fourth-order valence-corrected chi connectivity index (χ4v) is 3.38. The van der Waals surface area contributed by atoms with Crippen molar-refractivity contribution < 1.29 is 9.18 Å². The largest absolute Gasteiger partial charge is 0.372 e. The molecule has 1 aliphatic rings. The normalized spacial score (nSPS) is 14.9. The first kappa shape index (κ1) is 17.7. The zero-order chi connectivity index (χ0) is 17.6. The molecule has 0 bridgehead atoms. The molecular formula is C20H22ClFN2O. The highest BCUT2D eigenvalue weighted by molar-refractivity contribution is 6.31. The molecule has 1 saturated heterocycles. The smallest absolute Gasteiger partial charge is 0.228 e. The Hall–Kier alpha value is -2.07. The molecule has 3 nitrogen and oxygen atoms in total. The first-order chi connectivity index (χ1) is 12.1. The minimum Gasteiger partial charge on any atom is -0.372 e. The second-order valence-corrected chi connectivity index (χ2v) is 6.78. The lowest BCUT2D eigenvalue weighted by Crippen LogP contribution is -2.23. The molecule has 0 atom stereocenters. The van der Waals surface area contributed by atoms with E-state index in [1.807, 2.05) is 24.3 Å². The third kappa shape index (κ3) is 4.73. The number of halogens is 2. The summed E-state index contributed by atoms with van der Waals surface area (Å²) in [6.45, 7) is 2.16. The molecule has 0 aliphatic carbocycles. The predicted molar refractivity (Wildman–Crippen MR) is 101 cm³/mol. The molecule has 0 aromatic heterocycles. The summed E-state index contributed by atoms with van der Waals surface area (Å²) in [5.74, 6) is -0.742. The number of anilines is 2. The van der Waals surface area contributed by atoms with Gasteiger partial charge in [0.1, 0.15) is 5.82 Å². The highest BCUT2D eigenvalue weighted by Gasteiger charge is 2.13. The number of nitrogens with one attached hydrogen (secondary N) is 1. The summed E-state index contributed by atoms with van der Waals surface area (Å²) in [5, 5.41) is 3.07. The monoisotopic (exact) mass is 360 g/mol. The molecule has 3 rings (SSSR count). The van der Waals surface area contributed by atoms with E-state index in [9.17, 15) is 9.18 Å². The van der Waals surface area contributed by atoms with Crippen LogP contribution in [0.15, 0.2) is 42.5 Å². The lowest BCUT2D eigenvalue weighted by molar-refractivity contribution is -0.115. The number of carbonyl (C=O) groups excluding carboxylic acids is 1. The van der Waals surface area contributed by atoms with Crippen LogP contribution in [-0.4, -0.2) is 19.0 Å². The van der Waals surface area contributed by atoms with Crippen LogP contribution in [0.5, 0.6) is 0 Å². The minimum atomic E-state index is -0.459. The lowest BCUT2D eigenvalue weighted by Gasteiger charge is -2.22. The van der Waals surface area contributed by atoms with Crippen molar-refractivity contribution in [1.82, 2.24) is 0 Å². The summed E-state index contributed by atoms with van der Waals surface area (Å²) in [5.41, 5.74) is 2.11. The Morgan fingerprint density at radius 1 is 1.04 bits per heavy atom. The van der Waals surface area contributed by atoms with Crippen molar-refractivity contribution in [1.29, 1.82) is 0 Å². The summed E-state index contributed by atoms with van der Waals surface area (Å²) in [7, 11) is 0. The number of carbonyl (C=O) groups is 1. The molecule has 1 aliphatic heterocycles. The van der Waals surface area contributed by atoms with Gasteiger partial charge in [0, 0.05) is 35.1 Å². The van der Waals surface area contributed by atoms with Crippen LogP contribution in [0.1, 0.15) is 31.2 Å². The second kappa shape index (κ2) is 8.34. The summed E-state index contributed by atoms with van der Waals surface area (Å²) in [6, 6.07) is 12.3. The van der Waals surface area contributed by atoms with Gasteiger partial charge >= 0.3 is 0 Å². The number of benzene rings is 2. The van der Waals surface area contributed by atoms with Gasteiger partial charge in [-0.05, 0) is 49.2 Å². The van der Waals surface area contributed by atoms with E-state index in [1.54, 1.807) is 6.07 Å². The molecule has 0 saturated carbocycles. The van der Waals surface area contributed by atoms with Crippen LogP contribution in [0.4, 0.5) is 15.8 Å². The van der Waals surface area contributed by atoms with Crippen LogP contribution in [0.25, 0.3) is 0 Å². The van der Waals surface area contributed by atoms with Crippen LogP contribution in [0.2, 0.25) is 5.02 Å². The molecule has 132 valence electrons. The van der Waals surface area contributed by atoms with Gasteiger partial charge in [-0.1, -0.05) is 30.5 Å². The highest BCUT2D eigenvalue weighted by Crippen LogP contribution is 2.23. The van der Waals surface area contributed by atoms with Gasteiger partial charge in [0.05, 0.1) is 6.42 Å². The van der Waals surface area contributed by atoms with Gasteiger partial charge in [0.15, 0.2) is 0 Å². The molecule has 25 heavy (non-hydrogen) atoms. The average molecular weight is 361 g/mol. The van der Waals surface area contributed by atoms with Gasteiger partial charge in [-0.3, -0.25) is 4.79 Å². The van der Waals surface area contributed by atoms with E-state index >= 15 is 0 Å². The zero-order valence-electron chi connectivity index (χ0n) is 14.1. The quantitative estimate of drug-likeness (QED) is 0.828. The van der Waals surface area contributed by atoms with E-state index in [0.29, 0.717) is 5.69 Å². The molecule has 1 heterocycles. The number of nitrogens with zero attached hydrogens (tertiary/aromatic N) is 1. The Balaban J connectivity index is 1.62. The maximum absolute atomic E-state index is 13.8. The van der Waals surface area contributed by atoms with E-state index in [2.05, 4.69) is 10.2 Å². The number of amides is 1. The molecule has 0 spiro atoms. The Morgan fingerprint density at radius 3 is 2.36 bits per heavy atom. The Morgan fingerprint density at radius 2 is 1.72 bits per heavy atom. The van der Waals surface area contributed by atoms with Crippen molar-refractivity contribution in [2.45, 2.75) is 32.1 Å². The maximum Gasteiger partial charge on any atom is 0.228 e. The van der Waals surface area contributed by atoms with Crippen molar-refractivity contribution in [3.8, 4) is 0 Å². The molecule has 1 amide bonds. The molecule has 2 aromatic carbocycles. The van der Waals surface area contributed by atoms with Gasteiger partial charge in [0.25, 0.3) is 0 Å². The SMILES string of the molecule is O=C(Cc1c(F)cccc1Cl)Nc1ccc(N2CCCCCC2)cc1. The van der Waals surface area contributed by atoms with Crippen LogP contribution in [0, 0.1) is 5.82 Å². The summed E-state index contributed by atoms with van der Waals surface area (Å²) >= 11 is 5.97. The van der Waals surface area contributed by atoms with Crippen molar-refractivity contribution in [2.75, 3.05) is 23.3 Å². The fraction of sp³-hybridized carbons (Fsp3) is 0.350. The van der Waals surface area contributed by atoms with Crippen molar-refractivity contribution in [2.24, 2.45) is 0 Å². The van der Waals surface area contributed by atoms with Crippen LogP contribution in [-0.2, 0) is 11.2 Å². The molecule has 2 aromatic rings. The second-order valence-electron chi connectivity index (χ2n) is 6.37. The molecule has 5 heteroatoms. The number of hydrogen-bond acceptors (Lipinski definition) is 2. The van der Waals surface area contributed by atoms with Crippen molar-refractivity contribution in [3.63, 3.8) is 0 Å². The Kier molecular flexibility index (Phi) is 5.92. The van der Waals surface area contributed by atoms with Gasteiger partial charge in [0.2, 0.25) is 5.91 Å². The van der Waals surface area contributed by atoms with Crippen LogP contribution < -0.4 is 10.2 Å².